The van der Waals surface area contributed by atoms with Crippen LogP contribution in [0.5, 0.6) is 0 Å². The summed E-state index contributed by atoms with van der Waals surface area (Å²) in [5.41, 5.74) is 5.39. The average molecular weight is 899 g/mol. The second-order valence-electron chi connectivity index (χ2n) is 18.8. The first kappa shape index (κ1) is 61.2. The number of carbonyl (C=O) groups is 1. The van der Waals surface area contributed by atoms with Gasteiger partial charge in [0.15, 0.2) is 0 Å². The summed E-state index contributed by atoms with van der Waals surface area (Å²) in [6.07, 6.45) is 58.7. The van der Waals surface area contributed by atoms with E-state index in [1.165, 1.54) is 231 Å². The van der Waals surface area contributed by atoms with Crippen molar-refractivity contribution in [2.45, 2.75) is 302 Å². The van der Waals surface area contributed by atoms with Crippen molar-refractivity contribution >= 4 is 13.7 Å². The van der Waals surface area contributed by atoms with E-state index >= 15 is 0 Å². The van der Waals surface area contributed by atoms with Gasteiger partial charge < -0.3 is 21.1 Å². The van der Waals surface area contributed by atoms with Gasteiger partial charge in [-0.1, -0.05) is 276 Å². The molecule has 1 amide bonds. The van der Waals surface area contributed by atoms with Crippen LogP contribution >= 0.6 is 7.82 Å². The number of unbranched alkanes of at least 4 members (excludes halogenated alkanes) is 40. The third-order valence-electron chi connectivity index (χ3n) is 12.6. The minimum atomic E-state index is -4.34. The van der Waals surface area contributed by atoms with Crippen LogP contribution in [0.4, 0.5) is 0 Å². The van der Waals surface area contributed by atoms with Crippen LogP contribution in [0.2, 0.25) is 0 Å². The highest BCUT2D eigenvalue weighted by Crippen LogP contribution is 2.43. The molecule has 0 rings (SSSR count). The lowest BCUT2D eigenvalue weighted by Crippen LogP contribution is -2.45. The zero-order valence-electron chi connectivity index (χ0n) is 41.4. The number of phosphoric acid groups is 1. The van der Waals surface area contributed by atoms with Gasteiger partial charge in [-0.15, -0.1) is 0 Å². The summed E-state index contributed by atoms with van der Waals surface area (Å²) in [6.45, 7) is 4.18. The van der Waals surface area contributed by atoms with Crippen LogP contribution < -0.4 is 11.1 Å². The molecule has 0 aromatic carbocycles. The Balaban J connectivity index is 3.92. The van der Waals surface area contributed by atoms with Crippen LogP contribution in [-0.2, 0) is 18.4 Å². The van der Waals surface area contributed by atoms with Gasteiger partial charge in [0.2, 0.25) is 5.91 Å². The molecular weight excluding hydrogens is 792 g/mol. The molecule has 8 nitrogen and oxygen atoms in total. The van der Waals surface area contributed by atoms with E-state index in [-0.39, 0.29) is 25.7 Å². The first-order chi connectivity index (χ1) is 30.4. The molecule has 0 saturated carbocycles. The summed E-state index contributed by atoms with van der Waals surface area (Å²) >= 11 is 0. The number of amides is 1. The quantitative estimate of drug-likeness (QED) is 0.0272. The molecule has 0 heterocycles. The van der Waals surface area contributed by atoms with Gasteiger partial charge >= 0.3 is 7.82 Å². The molecule has 370 valence electrons. The molecule has 5 N–H and O–H groups in total. The summed E-state index contributed by atoms with van der Waals surface area (Å²) in [7, 11) is -4.34. The maximum Gasteiger partial charge on any atom is 0.472 e. The van der Waals surface area contributed by atoms with Crippen LogP contribution in [0.15, 0.2) is 12.2 Å². The fourth-order valence-corrected chi connectivity index (χ4v) is 9.25. The summed E-state index contributed by atoms with van der Waals surface area (Å²) < 4.78 is 22.2. The van der Waals surface area contributed by atoms with Gasteiger partial charge in [-0.25, -0.2) is 4.57 Å². The van der Waals surface area contributed by atoms with Crippen molar-refractivity contribution in [2.75, 3.05) is 19.8 Å². The van der Waals surface area contributed by atoms with E-state index in [0.29, 0.717) is 6.42 Å². The number of aliphatic hydroxyl groups excluding tert-OH is 1. The van der Waals surface area contributed by atoms with Crippen molar-refractivity contribution in [1.82, 2.24) is 5.32 Å². The van der Waals surface area contributed by atoms with E-state index in [9.17, 15) is 19.4 Å². The lowest BCUT2D eigenvalue weighted by atomic mass is 10.0. The number of hydrogen-bond donors (Lipinski definition) is 4. The van der Waals surface area contributed by atoms with Gasteiger partial charge in [0.1, 0.15) is 0 Å². The molecule has 3 atom stereocenters. The van der Waals surface area contributed by atoms with Crippen molar-refractivity contribution in [3.05, 3.63) is 12.2 Å². The van der Waals surface area contributed by atoms with Crippen LogP contribution in [0, 0.1) is 0 Å². The number of carbonyl (C=O) groups excluding carboxylic acids is 1. The highest BCUT2D eigenvalue weighted by molar-refractivity contribution is 7.47. The lowest BCUT2D eigenvalue weighted by molar-refractivity contribution is -0.123. The molecule has 0 fully saturated rings. The maximum atomic E-state index is 12.8. The van der Waals surface area contributed by atoms with E-state index in [2.05, 4.69) is 19.2 Å². The SMILES string of the molecule is CCCCCCCCCCCCCCC/C=C/[C@@H](O)[C@H](COP(=O)(O)OCCN)NC(=O)CCCCCCCCCCCCCCCCCCCCCCCCCCCCCC. The lowest BCUT2D eigenvalue weighted by Gasteiger charge is -2.23. The number of nitrogens with two attached hydrogens (primary N) is 1. The first-order valence-corrected chi connectivity index (χ1v) is 28.8. The zero-order valence-corrected chi connectivity index (χ0v) is 42.3. The number of phosphoric ester groups is 1. The minimum Gasteiger partial charge on any atom is -0.387 e. The Kier molecular flexibility index (Phi) is 49.1. The standard InChI is InChI=1S/C53H107N2O6P/c1-3-5-7-9-11-13-15-17-19-20-21-22-23-24-25-26-27-28-29-30-31-33-35-37-39-41-43-45-47-53(57)55-51(50-61-62(58,59)60-49-48-54)52(56)46-44-42-40-38-36-34-32-18-16-14-12-10-8-6-4-2/h44,46,51-52,56H,3-43,45,47-50,54H2,1-2H3,(H,55,57)(H,58,59)/b46-44+/t51-,52+/m0/s1. The van der Waals surface area contributed by atoms with Crippen molar-refractivity contribution < 1.29 is 28.4 Å². The molecule has 9 heteroatoms. The van der Waals surface area contributed by atoms with Crippen LogP contribution in [0.3, 0.4) is 0 Å². The highest BCUT2D eigenvalue weighted by Gasteiger charge is 2.27. The van der Waals surface area contributed by atoms with Gasteiger partial charge in [0.05, 0.1) is 25.4 Å². The van der Waals surface area contributed by atoms with E-state index in [0.717, 1.165) is 38.5 Å². The van der Waals surface area contributed by atoms with Crippen molar-refractivity contribution in [3.63, 3.8) is 0 Å². The largest absolute Gasteiger partial charge is 0.472 e. The third kappa shape index (κ3) is 47.2. The third-order valence-corrected chi connectivity index (χ3v) is 13.6. The van der Waals surface area contributed by atoms with Crippen LogP contribution in [-0.4, -0.2) is 47.8 Å². The van der Waals surface area contributed by atoms with Crippen molar-refractivity contribution in [2.24, 2.45) is 5.73 Å². The van der Waals surface area contributed by atoms with Crippen LogP contribution in [0.1, 0.15) is 290 Å². The van der Waals surface area contributed by atoms with Crippen molar-refractivity contribution in [1.29, 1.82) is 0 Å². The predicted octanol–water partition coefficient (Wildman–Crippen LogP) is 16.3. The molecule has 1 unspecified atom stereocenters. The van der Waals surface area contributed by atoms with Gasteiger partial charge in [0, 0.05) is 13.0 Å². The fraction of sp³-hybridized carbons (Fsp3) is 0.943. The Morgan fingerprint density at radius 2 is 0.823 bits per heavy atom. The molecule has 0 aromatic rings. The van der Waals surface area contributed by atoms with Gasteiger partial charge in [0.25, 0.3) is 0 Å². The van der Waals surface area contributed by atoms with E-state index in [4.69, 9.17) is 14.8 Å². The van der Waals surface area contributed by atoms with E-state index < -0.39 is 20.0 Å². The number of aliphatic hydroxyl groups is 1. The summed E-state index contributed by atoms with van der Waals surface area (Å²) in [5.74, 6) is -0.187. The molecule has 62 heavy (non-hydrogen) atoms. The molecule has 0 radical (unpaired) electrons. The Bertz CT molecular complexity index is 984. The molecule has 0 aliphatic carbocycles. The second-order valence-corrected chi connectivity index (χ2v) is 20.3. The fourth-order valence-electron chi connectivity index (χ4n) is 8.49. The van der Waals surface area contributed by atoms with E-state index in [1.807, 2.05) is 6.08 Å². The van der Waals surface area contributed by atoms with Crippen LogP contribution in [0.25, 0.3) is 0 Å². The summed E-state index contributed by atoms with van der Waals surface area (Å²) in [6, 6.07) is -0.855. The average Bonchev–Trinajstić information content (AvgIpc) is 3.26. The molecule has 0 aliphatic heterocycles. The Hall–Kier alpha value is -0.760. The number of allylic oxidation sites excluding steroid dienone is 1. The molecule has 0 saturated heterocycles. The monoisotopic (exact) mass is 899 g/mol. The second kappa shape index (κ2) is 49.7. The first-order valence-electron chi connectivity index (χ1n) is 27.3. The van der Waals surface area contributed by atoms with E-state index in [1.54, 1.807) is 6.08 Å². The Morgan fingerprint density at radius 1 is 0.516 bits per heavy atom. The topological polar surface area (TPSA) is 131 Å². The molecule has 0 spiro atoms. The number of hydrogen-bond acceptors (Lipinski definition) is 6. The normalized spacial score (nSPS) is 13.8. The van der Waals surface area contributed by atoms with Gasteiger partial charge in [-0.3, -0.25) is 13.8 Å². The summed E-state index contributed by atoms with van der Waals surface area (Å²) in [4.78, 5) is 22.8. The highest BCUT2D eigenvalue weighted by atomic mass is 31.2. The molecule has 0 aliphatic rings. The Morgan fingerprint density at radius 3 is 1.15 bits per heavy atom. The number of rotatable bonds is 52. The van der Waals surface area contributed by atoms with Crippen molar-refractivity contribution in [3.8, 4) is 0 Å². The Labute approximate surface area is 385 Å². The smallest absolute Gasteiger partial charge is 0.387 e. The van der Waals surface area contributed by atoms with Gasteiger partial charge in [-0.2, -0.15) is 0 Å². The minimum absolute atomic E-state index is 0.0816. The molecular formula is C53H107N2O6P. The van der Waals surface area contributed by atoms with Gasteiger partial charge in [-0.05, 0) is 19.3 Å². The molecule has 0 bridgehead atoms. The summed E-state index contributed by atoms with van der Waals surface area (Å²) in [5, 5.41) is 13.7. The maximum absolute atomic E-state index is 12.8. The number of nitrogens with one attached hydrogen (secondary N) is 1. The zero-order chi connectivity index (χ0) is 45.3. The molecule has 0 aromatic heterocycles. The predicted molar refractivity (Wildman–Crippen MR) is 268 cm³/mol.